The fraction of sp³-hybridized carbons (Fsp3) is 0.167. The molecule has 0 spiro atoms. The van der Waals surface area contributed by atoms with E-state index in [9.17, 15) is 4.79 Å². The van der Waals surface area contributed by atoms with Crippen LogP contribution in [0.2, 0.25) is 0 Å². The molecule has 0 aromatic heterocycles. The van der Waals surface area contributed by atoms with Crippen LogP contribution in [0, 0.1) is 0 Å². The maximum absolute atomic E-state index is 10.6. The molecule has 0 radical (unpaired) electrons. The normalized spacial score (nSPS) is 10.8. The van der Waals surface area contributed by atoms with Gasteiger partial charge in [-0.1, -0.05) is 54.6 Å². The Morgan fingerprint density at radius 3 is 2.40 bits per heavy atom. The second kappa shape index (κ2) is 7.29. The summed E-state index contributed by atoms with van der Waals surface area (Å²) in [4.78, 5) is 10.6. The molecule has 2 aromatic carbocycles. The van der Waals surface area contributed by atoms with Gasteiger partial charge in [0.25, 0.3) is 0 Å². The lowest BCUT2D eigenvalue weighted by atomic mass is 9.99. The number of hydrogen-bond acceptors (Lipinski definition) is 1. The van der Waals surface area contributed by atoms with Crippen LogP contribution >= 0.6 is 0 Å². The summed E-state index contributed by atoms with van der Waals surface area (Å²) in [5.74, 6) is -0.913. The van der Waals surface area contributed by atoms with Crippen LogP contribution in [-0.4, -0.2) is 11.1 Å². The Bertz CT molecular complexity index is 585. The second-order valence-corrected chi connectivity index (χ2v) is 4.71. The number of rotatable bonds is 6. The summed E-state index contributed by atoms with van der Waals surface area (Å²) in [6, 6.07) is 18.3. The van der Waals surface area contributed by atoms with E-state index in [4.69, 9.17) is 5.11 Å². The highest BCUT2D eigenvalue weighted by Crippen LogP contribution is 2.14. The standard InChI is InChI=1S/C18H18O2/c19-18(20)14-13-17-11-5-4-10-16(17)12-6-9-15-7-2-1-3-8-15/h1-5,7-8,10-11,13-14H,6,9,12H2,(H,19,20)/b14-13+. The summed E-state index contributed by atoms with van der Waals surface area (Å²) in [5.41, 5.74) is 3.52. The third-order valence-corrected chi connectivity index (χ3v) is 3.21. The molecule has 0 aliphatic rings. The van der Waals surface area contributed by atoms with E-state index in [1.807, 2.05) is 24.3 Å². The molecule has 0 bridgehead atoms. The molecule has 2 aromatic rings. The van der Waals surface area contributed by atoms with Gasteiger partial charge < -0.3 is 5.11 Å². The molecule has 2 nitrogen and oxygen atoms in total. The predicted octanol–water partition coefficient (Wildman–Crippen LogP) is 3.96. The van der Waals surface area contributed by atoms with Crippen LogP contribution in [0.3, 0.4) is 0 Å². The molecule has 0 atom stereocenters. The second-order valence-electron chi connectivity index (χ2n) is 4.71. The molecule has 1 N–H and O–H groups in total. The van der Waals surface area contributed by atoms with Crippen molar-refractivity contribution in [3.63, 3.8) is 0 Å². The van der Waals surface area contributed by atoms with Gasteiger partial charge in [-0.3, -0.25) is 0 Å². The van der Waals surface area contributed by atoms with Gasteiger partial charge in [0, 0.05) is 6.08 Å². The Hall–Kier alpha value is -2.35. The van der Waals surface area contributed by atoms with Crippen LogP contribution in [0.5, 0.6) is 0 Å². The molecule has 0 fully saturated rings. The molecule has 0 saturated heterocycles. The lowest BCUT2D eigenvalue weighted by Gasteiger charge is -2.06. The predicted molar refractivity (Wildman–Crippen MR) is 81.6 cm³/mol. The minimum absolute atomic E-state index is 0.913. The van der Waals surface area contributed by atoms with E-state index in [1.54, 1.807) is 6.08 Å². The van der Waals surface area contributed by atoms with Crippen LogP contribution in [0.4, 0.5) is 0 Å². The van der Waals surface area contributed by atoms with Gasteiger partial charge in [0.05, 0.1) is 0 Å². The van der Waals surface area contributed by atoms with Crippen molar-refractivity contribution in [1.29, 1.82) is 0 Å². The minimum Gasteiger partial charge on any atom is -0.478 e. The summed E-state index contributed by atoms with van der Waals surface area (Å²) in [5, 5.41) is 8.70. The number of hydrogen-bond donors (Lipinski definition) is 1. The molecule has 102 valence electrons. The van der Waals surface area contributed by atoms with Gasteiger partial charge in [0.2, 0.25) is 0 Å². The SMILES string of the molecule is O=C(O)/C=C/c1ccccc1CCCc1ccccc1. The van der Waals surface area contributed by atoms with Crippen molar-refractivity contribution in [2.24, 2.45) is 0 Å². The van der Waals surface area contributed by atoms with Crippen molar-refractivity contribution >= 4 is 12.0 Å². The molecular formula is C18H18O2. The molecule has 0 aliphatic carbocycles. The number of carboxylic acids is 1. The first kappa shape index (κ1) is 14.1. The molecule has 20 heavy (non-hydrogen) atoms. The van der Waals surface area contributed by atoms with Crippen molar-refractivity contribution in [3.8, 4) is 0 Å². The van der Waals surface area contributed by atoms with Crippen molar-refractivity contribution in [3.05, 3.63) is 77.4 Å². The van der Waals surface area contributed by atoms with Gasteiger partial charge >= 0.3 is 5.97 Å². The van der Waals surface area contributed by atoms with Crippen molar-refractivity contribution in [2.45, 2.75) is 19.3 Å². The van der Waals surface area contributed by atoms with Crippen LogP contribution in [0.25, 0.3) is 6.08 Å². The fourth-order valence-corrected chi connectivity index (χ4v) is 2.21. The third-order valence-electron chi connectivity index (χ3n) is 3.21. The molecule has 2 rings (SSSR count). The first-order chi connectivity index (χ1) is 9.75. The van der Waals surface area contributed by atoms with E-state index < -0.39 is 5.97 Å². The van der Waals surface area contributed by atoms with Crippen LogP contribution < -0.4 is 0 Å². The van der Waals surface area contributed by atoms with Crippen molar-refractivity contribution < 1.29 is 9.90 Å². The zero-order valence-electron chi connectivity index (χ0n) is 11.3. The summed E-state index contributed by atoms with van der Waals surface area (Å²) in [6.07, 6.45) is 5.91. The summed E-state index contributed by atoms with van der Waals surface area (Å²) in [6.45, 7) is 0. The Labute approximate surface area is 119 Å². The van der Waals surface area contributed by atoms with Crippen LogP contribution in [0.1, 0.15) is 23.1 Å². The Morgan fingerprint density at radius 1 is 0.950 bits per heavy atom. The monoisotopic (exact) mass is 266 g/mol. The van der Waals surface area contributed by atoms with Gasteiger partial charge in [0.1, 0.15) is 0 Å². The molecular weight excluding hydrogens is 248 g/mol. The molecule has 0 heterocycles. The summed E-state index contributed by atoms with van der Waals surface area (Å²) in [7, 11) is 0. The Balaban J connectivity index is 1.97. The zero-order chi connectivity index (χ0) is 14.2. The van der Waals surface area contributed by atoms with E-state index in [1.165, 1.54) is 17.2 Å². The minimum atomic E-state index is -0.913. The number of aryl methyl sites for hydroxylation is 2. The van der Waals surface area contributed by atoms with E-state index >= 15 is 0 Å². The van der Waals surface area contributed by atoms with Crippen LogP contribution in [-0.2, 0) is 17.6 Å². The first-order valence-corrected chi connectivity index (χ1v) is 6.78. The average molecular weight is 266 g/mol. The molecule has 2 heteroatoms. The van der Waals surface area contributed by atoms with Gasteiger partial charge in [-0.05, 0) is 42.0 Å². The Kier molecular flexibility index (Phi) is 5.13. The van der Waals surface area contributed by atoms with Crippen molar-refractivity contribution in [2.75, 3.05) is 0 Å². The number of benzene rings is 2. The summed E-state index contributed by atoms with van der Waals surface area (Å²) >= 11 is 0. The lowest BCUT2D eigenvalue weighted by Crippen LogP contribution is -1.93. The number of aliphatic carboxylic acids is 1. The van der Waals surface area contributed by atoms with Gasteiger partial charge in [-0.15, -0.1) is 0 Å². The number of carboxylic acid groups (broad SMARTS) is 1. The smallest absolute Gasteiger partial charge is 0.328 e. The highest BCUT2D eigenvalue weighted by Gasteiger charge is 2.00. The first-order valence-electron chi connectivity index (χ1n) is 6.78. The number of carbonyl (C=O) groups is 1. The zero-order valence-corrected chi connectivity index (χ0v) is 11.3. The third kappa shape index (κ3) is 4.39. The maximum atomic E-state index is 10.6. The van der Waals surface area contributed by atoms with Gasteiger partial charge in [-0.2, -0.15) is 0 Å². The van der Waals surface area contributed by atoms with E-state index in [2.05, 4.69) is 30.3 Å². The lowest BCUT2D eigenvalue weighted by molar-refractivity contribution is -0.131. The highest BCUT2D eigenvalue weighted by molar-refractivity contribution is 5.85. The molecule has 0 amide bonds. The molecule has 0 aliphatic heterocycles. The average Bonchev–Trinajstić information content (AvgIpc) is 2.47. The van der Waals surface area contributed by atoms with Crippen LogP contribution in [0.15, 0.2) is 60.7 Å². The molecule has 0 saturated carbocycles. The van der Waals surface area contributed by atoms with E-state index in [-0.39, 0.29) is 0 Å². The fourth-order valence-electron chi connectivity index (χ4n) is 2.21. The van der Waals surface area contributed by atoms with E-state index in [0.29, 0.717) is 0 Å². The van der Waals surface area contributed by atoms with Gasteiger partial charge in [0.15, 0.2) is 0 Å². The summed E-state index contributed by atoms with van der Waals surface area (Å²) < 4.78 is 0. The quantitative estimate of drug-likeness (QED) is 0.803. The van der Waals surface area contributed by atoms with Gasteiger partial charge in [-0.25, -0.2) is 4.79 Å². The Morgan fingerprint density at radius 2 is 1.65 bits per heavy atom. The highest BCUT2D eigenvalue weighted by atomic mass is 16.4. The topological polar surface area (TPSA) is 37.3 Å². The largest absolute Gasteiger partial charge is 0.478 e. The molecule has 0 unspecified atom stereocenters. The maximum Gasteiger partial charge on any atom is 0.328 e. The van der Waals surface area contributed by atoms with E-state index in [0.717, 1.165) is 24.8 Å². The van der Waals surface area contributed by atoms with Crippen molar-refractivity contribution in [1.82, 2.24) is 0 Å².